The molecule has 0 spiro atoms. The fourth-order valence-electron chi connectivity index (χ4n) is 2.80. The van der Waals surface area contributed by atoms with Crippen molar-refractivity contribution in [2.45, 2.75) is 65.5 Å². The summed E-state index contributed by atoms with van der Waals surface area (Å²) < 4.78 is 0. The highest BCUT2D eigenvalue weighted by molar-refractivity contribution is 7.11. The van der Waals surface area contributed by atoms with Crippen molar-refractivity contribution < 1.29 is 0 Å². The normalized spacial score (nSPS) is 23.8. The van der Waals surface area contributed by atoms with Crippen LogP contribution in [0.15, 0.2) is 12.1 Å². The van der Waals surface area contributed by atoms with Gasteiger partial charge in [-0.1, -0.05) is 33.6 Å². The highest BCUT2D eigenvalue weighted by atomic mass is 32.1. The molecule has 0 amide bonds. The average Bonchev–Trinajstić information content (AvgIpc) is 2.75. The molecule has 1 aromatic rings. The van der Waals surface area contributed by atoms with E-state index in [1.807, 2.05) is 11.3 Å². The summed E-state index contributed by atoms with van der Waals surface area (Å²) in [4.78, 5) is 2.99. The maximum Gasteiger partial charge on any atom is 0.0302 e. The first-order valence-corrected chi connectivity index (χ1v) is 7.74. The lowest BCUT2D eigenvalue weighted by molar-refractivity contribution is 0.167. The molecule has 1 aliphatic rings. The number of nitrogens with one attached hydrogen (secondary N) is 1. The van der Waals surface area contributed by atoms with Gasteiger partial charge in [-0.2, -0.15) is 0 Å². The minimum atomic E-state index is 0.475. The Labute approximate surface area is 110 Å². The van der Waals surface area contributed by atoms with Crippen LogP contribution in [0.25, 0.3) is 0 Å². The summed E-state index contributed by atoms with van der Waals surface area (Å²) in [5.41, 5.74) is 0.475. The van der Waals surface area contributed by atoms with Gasteiger partial charge in [0, 0.05) is 22.3 Å². The van der Waals surface area contributed by atoms with Crippen LogP contribution in [0.3, 0.4) is 0 Å². The molecule has 0 bridgehead atoms. The van der Waals surface area contributed by atoms with E-state index in [1.54, 1.807) is 0 Å². The minimum absolute atomic E-state index is 0.475. The molecule has 1 unspecified atom stereocenters. The zero-order chi connectivity index (χ0) is 12.3. The largest absolute Gasteiger partial charge is 0.309 e. The molecule has 1 heterocycles. The number of hydrogen-bond acceptors (Lipinski definition) is 2. The predicted molar refractivity (Wildman–Crippen MR) is 76.6 cm³/mol. The standard InChI is InChI=1S/C15H25NS/c1-4-12-8-9-13(17-12)11-16-14-7-5-6-10-15(14,2)3/h8-9,14,16H,4-7,10-11H2,1-3H3. The fraction of sp³-hybridized carbons (Fsp3) is 0.733. The summed E-state index contributed by atoms with van der Waals surface area (Å²) in [6, 6.07) is 5.25. The van der Waals surface area contributed by atoms with E-state index >= 15 is 0 Å². The summed E-state index contributed by atoms with van der Waals surface area (Å²) in [5, 5.41) is 3.78. The van der Waals surface area contributed by atoms with E-state index in [4.69, 9.17) is 0 Å². The van der Waals surface area contributed by atoms with Crippen molar-refractivity contribution in [1.29, 1.82) is 0 Å². The fourth-order valence-corrected chi connectivity index (χ4v) is 3.71. The third-order valence-electron chi connectivity index (χ3n) is 4.10. The van der Waals surface area contributed by atoms with Gasteiger partial charge in [-0.05, 0) is 36.8 Å². The van der Waals surface area contributed by atoms with Crippen molar-refractivity contribution in [1.82, 2.24) is 5.32 Å². The minimum Gasteiger partial charge on any atom is -0.309 e. The summed E-state index contributed by atoms with van der Waals surface area (Å²) >= 11 is 1.96. The van der Waals surface area contributed by atoms with Crippen molar-refractivity contribution in [2.24, 2.45) is 5.41 Å². The van der Waals surface area contributed by atoms with Crippen molar-refractivity contribution >= 4 is 11.3 Å². The maximum atomic E-state index is 3.78. The Bertz CT molecular complexity index is 354. The number of rotatable bonds is 4. The molecular formula is C15H25NS. The molecule has 1 aliphatic carbocycles. The third kappa shape index (κ3) is 3.32. The summed E-state index contributed by atoms with van der Waals surface area (Å²) in [7, 11) is 0. The lowest BCUT2D eigenvalue weighted by atomic mass is 9.73. The van der Waals surface area contributed by atoms with E-state index in [9.17, 15) is 0 Å². The molecular weight excluding hydrogens is 226 g/mol. The molecule has 2 heteroatoms. The Hall–Kier alpha value is -0.340. The SMILES string of the molecule is CCc1ccc(CNC2CCCCC2(C)C)s1. The van der Waals surface area contributed by atoms with Crippen molar-refractivity contribution in [2.75, 3.05) is 0 Å². The van der Waals surface area contributed by atoms with Gasteiger partial charge in [0.25, 0.3) is 0 Å². The molecule has 17 heavy (non-hydrogen) atoms. The predicted octanol–water partition coefficient (Wildman–Crippen LogP) is 4.37. The molecule has 1 saturated carbocycles. The summed E-state index contributed by atoms with van der Waals surface area (Å²) in [6.45, 7) is 8.11. The van der Waals surface area contributed by atoms with Crippen molar-refractivity contribution in [3.63, 3.8) is 0 Å². The number of aryl methyl sites for hydroxylation is 1. The number of thiophene rings is 1. The maximum absolute atomic E-state index is 3.78. The summed E-state index contributed by atoms with van der Waals surface area (Å²) in [5.74, 6) is 0. The smallest absolute Gasteiger partial charge is 0.0302 e. The molecule has 0 aliphatic heterocycles. The van der Waals surface area contributed by atoms with E-state index in [2.05, 4.69) is 38.2 Å². The zero-order valence-electron chi connectivity index (χ0n) is 11.4. The topological polar surface area (TPSA) is 12.0 Å². The van der Waals surface area contributed by atoms with Crippen molar-refractivity contribution in [3.8, 4) is 0 Å². The Kier molecular flexibility index (Phi) is 4.26. The number of hydrogen-bond donors (Lipinski definition) is 1. The van der Waals surface area contributed by atoms with E-state index in [-0.39, 0.29) is 0 Å². The Morgan fingerprint density at radius 3 is 2.71 bits per heavy atom. The van der Waals surface area contributed by atoms with E-state index in [0.717, 1.165) is 6.54 Å². The molecule has 1 fully saturated rings. The van der Waals surface area contributed by atoms with Crippen LogP contribution in [-0.4, -0.2) is 6.04 Å². The first-order valence-electron chi connectivity index (χ1n) is 6.93. The van der Waals surface area contributed by atoms with Gasteiger partial charge < -0.3 is 5.32 Å². The average molecular weight is 251 g/mol. The Morgan fingerprint density at radius 1 is 1.29 bits per heavy atom. The highest BCUT2D eigenvalue weighted by Crippen LogP contribution is 2.35. The van der Waals surface area contributed by atoms with Crippen LogP contribution >= 0.6 is 11.3 Å². The van der Waals surface area contributed by atoms with Crippen LogP contribution in [0.1, 0.15) is 56.2 Å². The van der Waals surface area contributed by atoms with Gasteiger partial charge >= 0.3 is 0 Å². The molecule has 0 aromatic carbocycles. The molecule has 1 aromatic heterocycles. The van der Waals surface area contributed by atoms with E-state index in [0.29, 0.717) is 11.5 Å². The molecule has 2 rings (SSSR count). The molecule has 0 saturated heterocycles. The van der Waals surface area contributed by atoms with Crippen LogP contribution in [0, 0.1) is 5.41 Å². The van der Waals surface area contributed by atoms with Gasteiger partial charge in [0.2, 0.25) is 0 Å². The Balaban J connectivity index is 1.88. The molecule has 1 nitrogen and oxygen atoms in total. The second-order valence-electron chi connectivity index (χ2n) is 5.89. The van der Waals surface area contributed by atoms with Gasteiger partial charge in [0.15, 0.2) is 0 Å². The van der Waals surface area contributed by atoms with Gasteiger partial charge in [-0.15, -0.1) is 11.3 Å². The quantitative estimate of drug-likeness (QED) is 0.838. The zero-order valence-corrected chi connectivity index (χ0v) is 12.2. The van der Waals surface area contributed by atoms with E-state index < -0.39 is 0 Å². The van der Waals surface area contributed by atoms with Gasteiger partial charge in [-0.3, -0.25) is 0 Å². The lowest BCUT2D eigenvalue weighted by Gasteiger charge is -2.39. The van der Waals surface area contributed by atoms with Gasteiger partial charge in [-0.25, -0.2) is 0 Å². The van der Waals surface area contributed by atoms with Crippen LogP contribution < -0.4 is 5.32 Å². The van der Waals surface area contributed by atoms with E-state index in [1.165, 1.54) is 41.9 Å². The Morgan fingerprint density at radius 2 is 2.06 bits per heavy atom. The highest BCUT2D eigenvalue weighted by Gasteiger charge is 2.31. The van der Waals surface area contributed by atoms with Crippen LogP contribution in [-0.2, 0) is 13.0 Å². The monoisotopic (exact) mass is 251 g/mol. The first kappa shape index (κ1) is 13.1. The molecule has 1 atom stereocenters. The van der Waals surface area contributed by atoms with Gasteiger partial charge in [0.1, 0.15) is 0 Å². The second-order valence-corrected chi connectivity index (χ2v) is 7.14. The molecule has 96 valence electrons. The summed E-state index contributed by atoms with van der Waals surface area (Å²) in [6.07, 6.45) is 6.68. The van der Waals surface area contributed by atoms with Crippen LogP contribution in [0.4, 0.5) is 0 Å². The second kappa shape index (κ2) is 5.53. The molecule has 0 radical (unpaired) electrons. The van der Waals surface area contributed by atoms with Crippen LogP contribution in [0.2, 0.25) is 0 Å². The first-order chi connectivity index (χ1) is 8.12. The molecule has 1 N–H and O–H groups in total. The lowest BCUT2D eigenvalue weighted by Crippen LogP contribution is -2.43. The third-order valence-corrected chi connectivity index (χ3v) is 5.33. The van der Waals surface area contributed by atoms with Crippen LogP contribution in [0.5, 0.6) is 0 Å². The van der Waals surface area contributed by atoms with Gasteiger partial charge in [0.05, 0.1) is 0 Å². The van der Waals surface area contributed by atoms with Crippen molar-refractivity contribution in [3.05, 3.63) is 21.9 Å².